The molecule has 5 rings (SSSR count). The number of Topliss-reactive ketones (excluding diaryl/α,β-unsaturated/α-hetero) is 2. The molecule has 0 radical (unpaired) electrons. The van der Waals surface area contributed by atoms with Crippen molar-refractivity contribution in [3.8, 4) is 5.75 Å². The van der Waals surface area contributed by atoms with Gasteiger partial charge in [-0.15, -0.1) is 0 Å². The number of benzene rings is 1. The number of primary amides is 1. The van der Waals surface area contributed by atoms with Crippen LogP contribution in [0.4, 0.5) is 13.2 Å². The molecule has 1 aromatic carbocycles. The lowest BCUT2D eigenvalue weighted by atomic mass is 9.57. The van der Waals surface area contributed by atoms with Crippen molar-refractivity contribution in [3.63, 3.8) is 0 Å². The molecule has 1 amide bonds. The lowest BCUT2D eigenvalue weighted by molar-refractivity contribution is -0.153. The fourth-order valence-electron chi connectivity index (χ4n) is 7.42. The summed E-state index contributed by atoms with van der Waals surface area (Å²) >= 11 is 0. The highest BCUT2D eigenvalue weighted by Gasteiger charge is 2.64. The number of hydrogen-bond donors (Lipinski definition) is 5. The number of likely N-dealkylation sites (tertiary alicyclic amines) is 1. The van der Waals surface area contributed by atoms with Gasteiger partial charge in [0, 0.05) is 18.0 Å². The molecule has 4 aliphatic rings. The normalized spacial score (nSPS) is 29.5. The molecule has 10 nitrogen and oxygen atoms in total. The van der Waals surface area contributed by atoms with Gasteiger partial charge in [0.15, 0.2) is 11.4 Å². The molecule has 1 heterocycles. The maximum atomic E-state index is 14.8. The van der Waals surface area contributed by atoms with E-state index in [0.717, 1.165) is 18.9 Å². The van der Waals surface area contributed by atoms with Crippen molar-refractivity contribution in [1.29, 1.82) is 0 Å². The molecule has 0 unspecified atom stereocenters. The van der Waals surface area contributed by atoms with Gasteiger partial charge in [0.2, 0.25) is 5.78 Å². The van der Waals surface area contributed by atoms with Gasteiger partial charge < -0.3 is 26.2 Å². The molecule has 1 saturated heterocycles. The minimum absolute atomic E-state index is 0.0660. The van der Waals surface area contributed by atoms with Crippen LogP contribution in [0.2, 0.25) is 0 Å². The molecule has 2 fully saturated rings. The monoisotopic (exact) mass is 607 g/mol. The summed E-state index contributed by atoms with van der Waals surface area (Å²) < 4.78 is 44.3. The predicted molar refractivity (Wildman–Crippen MR) is 148 cm³/mol. The highest BCUT2D eigenvalue weighted by Crippen LogP contribution is 2.54. The Morgan fingerprint density at radius 1 is 1.14 bits per heavy atom. The van der Waals surface area contributed by atoms with E-state index in [1.54, 1.807) is 0 Å². The second-order valence-electron chi connectivity index (χ2n) is 13.2. The number of nitrogens with zero attached hydrogens (tertiary/aromatic N) is 2. The van der Waals surface area contributed by atoms with Crippen LogP contribution in [0.25, 0.3) is 5.76 Å². The number of phenols is 1. The molecule has 13 heteroatoms. The van der Waals surface area contributed by atoms with E-state index in [4.69, 9.17) is 5.73 Å². The maximum Gasteiger partial charge on any atom is 0.417 e. The molecular formula is C30H36F3N3O7. The average Bonchev–Trinajstić information content (AvgIpc) is 2.86. The molecule has 0 aromatic heterocycles. The molecular weight excluding hydrogens is 571 g/mol. The molecule has 4 atom stereocenters. The number of ketones is 2. The number of likely N-dealkylation sites (N-methyl/N-ethyl adjacent to an activating group) is 1. The van der Waals surface area contributed by atoms with E-state index in [2.05, 4.69) is 13.8 Å². The third-order valence-corrected chi connectivity index (χ3v) is 9.69. The Kier molecular flexibility index (Phi) is 7.26. The number of halogens is 3. The molecule has 0 spiro atoms. The number of rotatable bonds is 4. The zero-order chi connectivity index (χ0) is 32.0. The molecule has 6 N–H and O–H groups in total. The second kappa shape index (κ2) is 10.1. The van der Waals surface area contributed by atoms with E-state index >= 15 is 0 Å². The van der Waals surface area contributed by atoms with Crippen LogP contribution in [0.15, 0.2) is 23.0 Å². The highest BCUT2D eigenvalue weighted by molar-refractivity contribution is 6.24. The third kappa shape index (κ3) is 4.72. The average molecular weight is 608 g/mol. The highest BCUT2D eigenvalue weighted by atomic mass is 19.4. The van der Waals surface area contributed by atoms with Crippen LogP contribution in [0, 0.1) is 17.3 Å². The summed E-state index contributed by atoms with van der Waals surface area (Å²) in [5, 5.41) is 44.8. The van der Waals surface area contributed by atoms with Crippen LogP contribution in [-0.4, -0.2) is 86.5 Å². The number of carbonyl (C=O) groups excluding carboxylic acids is 3. The van der Waals surface area contributed by atoms with Crippen molar-refractivity contribution in [1.82, 2.24) is 9.80 Å². The number of phenolic OH excluding ortho intramolecular Hbond substituents is 1. The van der Waals surface area contributed by atoms with E-state index in [9.17, 15) is 48.0 Å². The van der Waals surface area contributed by atoms with Gasteiger partial charge >= 0.3 is 6.18 Å². The Bertz CT molecular complexity index is 1490. The van der Waals surface area contributed by atoms with Gasteiger partial charge in [-0.05, 0) is 81.4 Å². The van der Waals surface area contributed by atoms with E-state index in [1.807, 2.05) is 4.90 Å². The van der Waals surface area contributed by atoms with Gasteiger partial charge in [0.05, 0.1) is 17.2 Å². The summed E-state index contributed by atoms with van der Waals surface area (Å²) in [6.07, 6.45) is -4.02. The Labute approximate surface area is 246 Å². The molecule has 43 heavy (non-hydrogen) atoms. The first-order chi connectivity index (χ1) is 19.8. The molecule has 0 bridgehead atoms. The van der Waals surface area contributed by atoms with Gasteiger partial charge in [-0.1, -0.05) is 13.8 Å². The number of amides is 1. The Morgan fingerprint density at radius 2 is 1.74 bits per heavy atom. The lowest BCUT2D eigenvalue weighted by Crippen LogP contribution is -2.65. The molecule has 234 valence electrons. The van der Waals surface area contributed by atoms with E-state index < -0.39 is 93.1 Å². The summed E-state index contributed by atoms with van der Waals surface area (Å²) in [7, 11) is 2.89. The lowest BCUT2D eigenvalue weighted by Gasteiger charge is -2.50. The van der Waals surface area contributed by atoms with Crippen molar-refractivity contribution >= 4 is 23.2 Å². The fourth-order valence-corrected chi connectivity index (χ4v) is 7.42. The number of piperidine rings is 1. The van der Waals surface area contributed by atoms with Crippen LogP contribution < -0.4 is 5.73 Å². The Balaban J connectivity index is 1.67. The predicted octanol–water partition coefficient (Wildman–Crippen LogP) is 2.60. The van der Waals surface area contributed by atoms with Gasteiger partial charge in [0.25, 0.3) is 5.91 Å². The summed E-state index contributed by atoms with van der Waals surface area (Å²) in [5.74, 6) is -8.95. The van der Waals surface area contributed by atoms with Crippen LogP contribution in [-0.2, 0) is 33.5 Å². The zero-order valence-electron chi connectivity index (χ0n) is 24.4. The zero-order valence-corrected chi connectivity index (χ0v) is 24.4. The van der Waals surface area contributed by atoms with Crippen molar-refractivity contribution in [3.05, 3.63) is 45.2 Å². The number of hydrogen-bond acceptors (Lipinski definition) is 9. The van der Waals surface area contributed by atoms with Crippen molar-refractivity contribution < 1.29 is 48.0 Å². The topological polar surface area (TPSA) is 165 Å². The Hall–Kier alpha value is -3.42. The molecule has 1 saturated carbocycles. The summed E-state index contributed by atoms with van der Waals surface area (Å²) in [6.45, 7) is 5.25. The van der Waals surface area contributed by atoms with Crippen molar-refractivity contribution in [2.75, 3.05) is 27.2 Å². The second-order valence-corrected chi connectivity index (χ2v) is 13.2. The summed E-state index contributed by atoms with van der Waals surface area (Å²) in [6, 6.07) is -0.379. The standard InChI is InChI=1S/C30H36F3N3O7/c1-28(2)5-7-36(8-6-28)12-14-11-17(37)19-15(21(14)30(31,32)33)9-13-10-16-22(35(3)4)24(39)20(27(34)42)26(41)29(16,43)25(40)18(13)23(19)38/h11,13,16,22,37-38,41,43H,5-10,12H2,1-4H3,(H2,34,42)/t13-,16-,22-,29-/m0/s1. The molecule has 1 aromatic rings. The van der Waals surface area contributed by atoms with Crippen LogP contribution in [0.5, 0.6) is 5.75 Å². The number of nitrogens with two attached hydrogens (primary N) is 1. The smallest absolute Gasteiger partial charge is 0.417 e. The first-order valence-corrected chi connectivity index (χ1v) is 14.1. The van der Waals surface area contributed by atoms with Crippen molar-refractivity contribution in [2.45, 2.75) is 63.9 Å². The van der Waals surface area contributed by atoms with Crippen LogP contribution in [0.3, 0.4) is 0 Å². The van der Waals surface area contributed by atoms with Crippen LogP contribution in [0.1, 0.15) is 55.4 Å². The first-order valence-electron chi connectivity index (χ1n) is 14.1. The fraction of sp³-hybridized carbons (Fsp3) is 0.567. The number of aromatic hydroxyl groups is 1. The number of alkyl halides is 3. The first kappa shape index (κ1) is 31.0. The third-order valence-electron chi connectivity index (χ3n) is 9.69. The summed E-state index contributed by atoms with van der Waals surface area (Å²) in [5.41, 5.74) is -1.09. The maximum absolute atomic E-state index is 14.8. The van der Waals surface area contributed by atoms with Gasteiger partial charge in [-0.2, -0.15) is 13.2 Å². The van der Waals surface area contributed by atoms with Crippen LogP contribution >= 0.6 is 0 Å². The number of aliphatic hydroxyl groups excluding tert-OH is 2. The van der Waals surface area contributed by atoms with Gasteiger partial charge in [-0.3, -0.25) is 24.2 Å². The number of aliphatic hydroxyl groups is 3. The van der Waals surface area contributed by atoms with Crippen molar-refractivity contribution in [2.24, 2.45) is 23.0 Å². The quantitative estimate of drug-likeness (QED) is 0.324. The number of carbonyl (C=O) groups is 3. The Morgan fingerprint density at radius 3 is 2.28 bits per heavy atom. The van der Waals surface area contributed by atoms with E-state index in [1.165, 1.54) is 19.0 Å². The largest absolute Gasteiger partial charge is 0.508 e. The van der Waals surface area contributed by atoms with E-state index in [-0.39, 0.29) is 29.5 Å². The van der Waals surface area contributed by atoms with Gasteiger partial charge in [0.1, 0.15) is 22.8 Å². The minimum atomic E-state index is -4.87. The number of fused-ring (bicyclic) bond motifs is 3. The van der Waals surface area contributed by atoms with Gasteiger partial charge in [-0.25, -0.2) is 0 Å². The summed E-state index contributed by atoms with van der Waals surface area (Å²) in [4.78, 5) is 42.4. The minimum Gasteiger partial charge on any atom is -0.508 e. The van der Waals surface area contributed by atoms with E-state index in [0.29, 0.717) is 13.1 Å². The SMILES string of the molecule is CN(C)[C@@H]1C(=O)C(C(N)=O)=C(O)[C@@]2(O)C(=O)C3=C(O)c4c(O)cc(CN5CCC(C)(C)CC5)c(C(F)(F)F)c4C[C@H]3C[C@@H]12. The molecule has 1 aliphatic heterocycles. The molecule has 3 aliphatic carbocycles.